The van der Waals surface area contributed by atoms with Gasteiger partial charge in [-0.25, -0.2) is 0 Å². The normalized spacial score (nSPS) is 12.1. The molecule has 16 heavy (non-hydrogen) atoms. The molecule has 0 heterocycles. The minimum Gasteiger partial charge on any atom is -0.0918 e. The summed E-state index contributed by atoms with van der Waals surface area (Å²) in [5.74, 6) is 0.703. The van der Waals surface area contributed by atoms with Gasteiger partial charge < -0.3 is 0 Å². The first kappa shape index (κ1) is 14.2. The van der Waals surface area contributed by atoms with Gasteiger partial charge in [0.05, 0.1) is 0 Å². The maximum atomic E-state index is 3.70. The quantitative estimate of drug-likeness (QED) is 0.652. The molecule has 0 bridgehead atoms. The molecule has 0 fully saturated rings. The van der Waals surface area contributed by atoms with Crippen molar-refractivity contribution in [1.29, 1.82) is 0 Å². The van der Waals surface area contributed by atoms with E-state index < -0.39 is 0 Å². The fourth-order valence-corrected chi connectivity index (χ4v) is 4.34. The second kappa shape index (κ2) is 6.20. The van der Waals surface area contributed by atoms with E-state index in [0.717, 1.165) is 10.7 Å². The fraction of sp³-hybridized carbons (Fsp3) is 0.571. The van der Waals surface area contributed by atoms with Crippen LogP contribution in [-0.4, -0.2) is 10.7 Å². The Hall–Kier alpha value is 0.180. The molecule has 0 spiro atoms. The van der Waals surface area contributed by atoms with Crippen molar-refractivity contribution in [2.45, 2.75) is 32.6 Å². The molecular weight excluding hydrogens is 328 g/mol. The predicted octanol–water partition coefficient (Wildman–Crippen LogP) is 5.07. The molecule has 0 N–H and O–H groups in total. The maximum absolute atomic E-state index is 3.70. The van der Waals surface area contributed by atoms with E-state index in [1.54, 1.807) is 0 Å². The number of rotatable bonds is 5. The van der Waals surface area contributed by atoms with Crippen LogP contribution >= 0.6 is 31.9 Å². The minimum absolute atomic E-state index is 0.222. The Morgan fingerprint density at radius 3 is 2.12 bits per heavy atom. The number of alkyl halides is 2. The second-order valence-electron chi connectivity index (χ2n) is 4.96. The molecule has 0 radical (unpaired) electrons. The van der Waals surface area contributed by atoms with Gasteiger partial charge in [-0.2, -0.15) is 0 Å². The van der Waals surface area contributed by atoms with Crippen LogP contribution in [0.4, 0.5) is 0 Å². The van der Waals surface area contributed by atoms with E-state index in [1.807, 2.05) is 0 Å². The summed E-state index contributed by atoms with van der Waals surface area (Å²) in [5, 5.41) is 2.02. The molecule has 0 amide bonds. The molecule has 0 aromatic heterocycles. The van der Waals surface area contributed by atoms with E-state index in [-0.39, 0.29) is 5.41 Å². The lowest BCUT2D eigenvalue weighted by Gasteiger charge is -2.33. The molecule has 0 aliphatic carbocycles. The van der Waals surface area contributed by atoms with Crippen molar-refractivity contribution < 1.29 is 0 Å². The van der Waals surface area contributed by atoms with E-state index >= 15 is 0 Å². The SMILES string of the molecule is Cc1ccccc1C(CBr)(CBr)CC(C)C. The topological polar surface area (TPSA) is 0 Å². The lowest BCUT2D eigenvalue weighted by molar-refractivity contribution is 0.415. The summed E-state index contributed by atoms with van der Waals surface area (Å²) in [6, 6.07) is 8.72. The van der Waals surface area contributed by atoms with Crippen LogP contribution in [-0.2, 0) is 5.41 Å². The van der Waals surface area contributed by atoms with Gasteiger partial charge in [0.15, 0.2) is 0 Å². The van der Waals surface area contributed by atoms with Gasteiger partial charge in [0.1, 0.15) is 0 Å². The molecule has 0 atom stereocenters. The van der Waals surface area contributed by atoms with E-state index in [9.17, 15) is 0 Å². The Balaban J connectivity index is 3.15. The fourth-order valence-electron chi connectivity index (χ4n) is 2.35. The molecule has 1 aromatic rings. The summed E-state index contributed by atoms with van der Waals surface area (Å²) in [4.78, 5) is 0. The van der Waals surface area contributed by atoms with Crippen LogP contribution in [0.1, 0.15) is 31.4 Å². The molecule has 1 rings (SSSR count). The van der Waals surface area contributed by atoms with Crippen molar-refractivity contribution in [2.75, 3.05) is 10.7 Å². The van der Waals surface area contributed by atoms with Crippen LogP contribution in [0.5, 0.6) is 0 Å². The second-order valence-corrected chi connectivity index (χ2v) is 6.08. The first-order valence-corrected chi connectivity index (χ1v) is 7.98. The van der Waals surface area contributed by atoms with Crippen molar-refractivity contribution in [1.82, 2.24) is 0 Å². The Bertz CT molecular complexity index is 327. The lowest BCUT2D eigenvalue weighted by atomic mass is 9.76. The summed E-state index contributed by atoms with van der Waals surface area (Å²) >= 11 is 7.41. The van der Waals surface area contributed by atoms with Crippen LogP contribution in [0.15, 0.2) is 24.3 Å². The number of hydrogen-bond donors (Lipinski definition) is 0. The molecule has 0 saturated carbocycles. The Labute approximate surface area is 116 Å². The van der Waals surface area contributed by atoms with Crippen LogP contribution in [0, 0.1) is 12.8 Å². The zero-order valence-corrected chi connectivity index (χ0v) is 13.4. The number of aryl methyl sites for hydroxylation is 1. The Kier molecular flexibility index (Phi) is 5.52. The molecule has 0 aliphatic heterocycles. The largest absolute Gasteiger partial charge is 0.0918 e. The van der Waals surface area contributed by atoms with Crippen molar-refractivity contribution in [3.63, 3.8) is 0 Å². The summed E-state index contributed by atoms with van der Waals surface area (Å²) in [6.45, 7) is 6.78. The van der Waals surface area contributed by atoms with Crippen LogP contribution < -0.4 is 0 Å². The Morgan fingerprint density at radius 1 is 1.12 bits per heavy atom. The average molecular weight is 348 g/mol. The van der Waals surface area contributed by atoms with Crippen LogP contribution in [0.2, 0.25) is 0 Å². The monoisotopic (exact) mass is 346 g/mol. The summed E-state index contributed by atoms with van der Waals surface area (Å²) < 4.78 is 0. The van der Waals surface area contributed by atoms with Gasteiger partial charge in [-0.1, -0.05) is 70.0 Å². The third-order valence-electron chi connectivity index (χ3n) is 3.03. The zero-order chi connectivity index (χ0) is 12.2. The van der Waals surface area contributed by atoms with E-state index in [0.29, 0.717) is 5.92 Å². The van der Waals surface area contributed by atoms with Crippen molar-refractivity contribution in [3.8, 4) is 0 Å². The van der Waals surface area contributed by atoms with E-state index in [1.165, 1.54) is 17.5 Å². The first-order valence-electron chi connectivity index (χ1n) is 5.74. The minimum atomic E-state index is 0.222. The van der Waals surface area contributed by atoms with E-state index in [4.69, 9.17) is 0 Å². The molecule has 90 valence electrons. The van der Waals surface area contributed by atoms with Gasteiger partial charge in [-0.05, 0) is 30.4 Å². The maximum Gasteiger partial charge on any atom is 0.0152 e. The van der Waals surface area contributed by atoms with Gasteiger partial charge in [-0.3, -0.25) is 0 Å². The summed E-state index contributed by atoms with van der Waals surface area (Å²) in [6.07, 6.45) is 1.20. The molecule has 2 heteroatoms. The standard InChI is InChI=1S/C14H20Br2/c1-11(2)8-14(9-15,10-16)13-7-5-4-6-12(13)3/h4-7,11H,8-10H2,1-3H3. The summed E-state index contributed by atoms with van der Waals surface area (Å²) in [7, 11) is 0. The number of halogens is 2. The van der Waals surface area contributed by atoms with Crippen LogP contribution in [0.25, 0.3) is 0 Å². The predicted molar refractivity (Wildman–Crippen MR) is 79.9 cm³/mol. The lowest BCUT2D eigenvalue weighted by Crippen LogP contribution is -2.32. The summed E-state index contributed by atoms with van der Waals surface area (Å²) in [5.41, 5.74) is 3.08. The van der Waals surface area contributed by atoms with Crippen LogP contribution in [0.3, 0.4) is 0 Å². The Morgan fingerprint density at radius 2 is 1.69 bits per heavy atom. The van der Waals surface area contributed by atoms with Crippen molar-refractivity contribution in [2.24, 2.45) is 5.92 Å². The van der Waals surface area contributed by atoms with Gasteiger partial charge >= 0.3 is 0 Å². The average Bonchev–Trinajstić information content (AvgIpc) is 2.26. The first-order chi connectivity index (χ1) is 7.55. The highest BCUT2D eigenvalue weighted by Gasteiger charge is 2.31. The van der Waals surface area contributed by atoms with Crippen molar-refractivity contribution in [3.05, 3.63) is 35.4 Å². The van der Waals surface area contributed by atoms with Gasteiger partial charge in [0.25, 0.3) is 0 Å². The molecule has 0 saturated heterocycles. The van der Waals surface area contributed by atoms with Gasteiger partial charge in [0, 0.05) is 16.1 Å². The highest BCUT2D eigenvalue weighted by atomic mass is 79.9. The number of benzene rings is 1. The number of hydrogen-bond acceptors (Lipinski definition) is 0. The molecule has 0 aliphatic rings. The highest BCUT2D eigenvalue weighted by molar-refractivity contribution is 9.09. The third-order valence-corrected chi connectivity index (χ3v) is 5.17. The smallest absolute Gasteiger partial charge is 0.0152 e. The molecule has 0 unspecified atom stereocenters. The molecule has 1 aromatic carbocycles. The molecular formula is C14H20Br2. The van der Waals surface area contributed by atoms with Gasteiger partial charge in [-0.15, -0.1) is 0 Å². The highest BCUT2D eigenvalue weighted by Crippen LogP contribution is 2.36. The zero-order valence-electron chi connectivity index (χ0n) is 10.3. The van der Waals surface area contributed by atoms with E-state index in [2.05, 4.69) is 76.9 Å². The van der Waals surface area contributed by atoms with Gasteiger partial charge in [0.2, 0.25) is 0 Å². The van der Waals surface area contributed by atoms with Crippen molar-refractivity contribution >= 4 is 31.9 Å². The molecule has 0 nitrogen and oxygen atoms in total. The third kappa shape index (κ3) is 3.10.